The molecule has 0 bridgehead atoms. The lowest BCUT2D eigenvalue weighted by atomic mass is 9.93. The Morgan fingerprint density at radius 3 is 2.93 bits per heavy atom. The number of aromatic nitrogens is 1. The van der Waals surface area contributed by atoms with Crippen LogP contribution in [0.25, 0.3) is 0 Å². The molecular formula is C21H28FN3O2. The van der Waals surface area contributed by atoms with Crippen molar-refractivity contribution in [1.82, 2.24) is 15.4 Å². The minimum Gasteiger partial charge on any atom is -0.361 e. The molecule has 0 saturated carbocycles. The third-order valence-electron chi connectivity index (χ3n) is 5.38. The summed E-state index contributed by atoms with van der Waals surface area (Å²) in [5, 5.41) is 6.86. The van der Waals surface area contributed by atoms with Gasteiger partial charge < -0.3 is 9.84 Å². The highest BCUT2D eigenvalue weighted by atomic mass is 19.1. The van der Waals surface area contributed by atoms with Crippen molar-refractivity contribution in [3.8, 4) is 0 Å². The largest absolute Gasteiger partial charge is 0.361 e. The van der Waals surface area contributed by atoms with E-state index in [9.17, 15) is 9.18 Å². The molecule has 3 rings (SSSR count). The second-order valence-electron chi connectivity index (χ2n) is 7.45. The van der Waals surface area contributed by atoms with Crippen LogP contribution >= 0.6 is 0 Å². The molecular weight excluding hydrogens is 345 g/mol. The molecule has 0 radical (unpaired) electrons. The van der Waals surface area contributed by atoms with Gasteiger partial charge in [0.15, 0.2) is 0 Å². The van der Waals surface area contributed by atoms with Crippen LogP contribution in [0.1, 0.15) is 48.3 Å². The number of likely N-dealkylation sites (tertiary alicyclic amines) is 1. The Morgan fingerprint density at radius 2 is 2.19 bits per heavy atom. The van der Waals surface area contributed by atoms with Crippen LogP contribution in [-0.2, 0) is 17.9 Å². The second kappa shape index (κ2) is 9.13. The molecule has 0 spiro atoms. The average molecular weight is 373 g/mol. The molecule has 2 heterocycles. The first kappa shape index (κ1) is 19.5. The molecule has 146 valence electrons. The first-order valence-electron chi connectivity index (χ1n) is 9.67. The van der Waals surface area contributed by atoms with Gasteiger partial charge in [0.25, 0.3) is 0 Å². The fraction of sp³-hybridized carbons (Fsp3) is 0.524. The number of nitrogens with one attached hydrogen (secondary N) is 1. The standard InChI is InChI=1S/C21H28FN3O2/c1-15-19(16(2)27-24-15)14-25-11-5-6-17(13-25)9-10-21(26)23-12-18-7-3-4-8-20(18)22/h3-4,7-8,17H,5-6,9-14H2,1-2H3,(H,23,26)/t17-/m0/s1. The van der Waals surface area contributed by atoms with Crippen molar-refractivity contribution >= 4 is 5.91 Å². The van der Waals surface area contributed by atoms with E-state index in [4.69, 9.17) is 4.52 Å². The number of halogens is 1. The summed E-state index contributed by atoms with van der Waals surface area (Å²) in [7, 11) is 0. The Labute approximate surface area is 159 Å². The molecule has 1 fully saturated rings. The molecule has 6 heteroatoms. The molecule has 2 aromatic rings. The maximum atomic E-state index is 13.6. The highest BCUT2D eigenvalue weighted by Crippen LogP contribution is 2.24. The zero-order valence-corrected chi connectivity index (χ0v) is 16.1. The molecule has 1 amide bonds. The van der Waals surface area contributed by atoms with Gasteiger partial charge >= 0.3 is 0 Å². The lowest BCUT2D eigenvalue weighted by molar-refractivity contribution is -0.121. The van der Waals surface area contributed by atoms with Crippen molar-refractivity contribution in [3.05, 3.63) is 52.7 Å². The summed E-state index contributed by atoms with van der Waals surface area (Å²) in [6, 6.07) is 6.54. The predicted octanol–water partition coefficient (Wildman–Crippen LogP) is 3.74. The van der Waals surface area contributed by atoms with Crippen LogP contribution in [0.5, 0.6) is 0 Å². The van der Waals surface area contributed by atoms with Gasteiger partial charge in [0.1, 0.15) is 11.6 Å². The molecule has 5 nitrogen and oxygen atoms in total. The zero-order chi connectivity index (χ0) is 19.2. The van der Waals surface area contributed by atoms with E-state index >= 15 is 0 Å². The van der Waals surface area contributed by atoms with E-state index in [1.807, 2.05) is 13.8 Å². The fourth-order valence-electron chi connectivity index (χ4n) is 3.74. The zero-order valence-electron chi connectivity index (χ0n) is 16.1. The van der Waals surface area contributed by atoms with Crippen LogP contribution < -0.4 is 5.32 Å². The number of amides is 1. The average Bonchev–Trinajstić information content (AvgIpc) is 2.98. The molecule has 1 aliphatic heterocycles. The Hall–Kier alpha value is -2.21. The summed E-state index contributed by atoms with van der Waals surface area (Å²) in [6.07, 6.45) is 3.64. The van der Waals surface area contributed by atoms with Crippen LogP contribution in [-0.4, -0.2) is 29.1 Å². The second-order valence-corrected chi connectivity index (χ2v) is 7.45. The Bertz CT molecular complexity index is 755. The number of aryl methyl sites for hydroxylation is 2. The van der Waals surface area contributed by atoms with Gasteiger partial charge in [-0.1, -0.05) is 23.4 Å². The van der Waals surface area contributed by atoms with Gasteiger partial charge in [-0.3, -0.25) is 9.69 Å². The van der Waals surface area contributed by atoms with Crippen molar-refractivity contribution < 1.29 is 13.7 Å². The number of carbonyl (C=O) groups excluding carboxylic acids is 1. The van der Waals surface area contributed by atoms with Crippen LogP contribution in [0, 0.1) is 25.6 Å². The van der Waals surface area contributed by atoms with Gasteiger partial charge in [0.05, 0.1) is 5.69 Å². The van der Waals surface area contributed by atoms with Gasteiger partial charge in [-0.25, -0.2) is 4.39 Å². The van der Waals surface area contributed by atoms with Gasteiger partial charge in [-0.05, 0) is 51.6 Å². The minimum atomic E-state index is -0.278. The summed E-state index contributed by atoms with van der Waals surface area (Å²) >= 11 is 0. The van der Waals surface area contributed by atoms with Gasteiger partial charge in [0.2, 0.25) is 5.91 Å². The predicted molar refractivity (Wildman–Crippen MR) is 101 cm³/mol. The van der Waals surface area contributed by atoms with Crippen molar-refractivity contribution in [2.75, 3.05) is 13.1 Å². The molecule has 1 aromatic carbocycles. The molecule has 0 unspecified atom stereocenters. The van der Waals surface area contributed by atoms with Crippen molar-refractivity contribution in [2.24, 2.45) is 5.92 Å². The van der Waals surface area contributed by atoms with Crippen LogP contribution in [0.2, 0.25) is 0 Å². The number of nitrogens with zero attached hydrogens (tertiary/aromatic N) is 2. The Kier molecular flexibility index (Phi) is 6.61. The Morgan fingerprint density at radius 1 is 1.37 bits per heavy atom. The van der Waals surface area contributed by atoms with E-state index in [2.05, 4.69) is 15.4 Å². The monoisotopic (exact) mass is 373 g/mol. The summed E-state index contributed by atoms with van der Waals surface area (Å²) in [4.78, 5) is 14.6. The summed E-state index contributed by atoms with van der Waals surface area (Å²) in [5.41, 5.74) is 2.66. The number of rotatable bonds is 7. The highest BCUT2D eigenvalue weighted by molar-refractivity contribution is 5.75. The molecule has 0 aliphatic carbocycles. The van der Waals surface area contributed by atoms with Crippen molar-refractivity contribution in [2.45, 2.75) is 52.6 Å². The smallest absolute Gasteiger partial charge is 0.220 e. The molecule has 1 N–H and O–H groups in total. The van der Waals surface area contributed by atoms with E-state index in [-0.39, 0.29) is 18.3 Å². The lowest BCUT2D eigenvalue weighted by Crippen LogP contribution is -2.35. The van der Waals surface area contributed by atoms with Gasteiger partial charge in [0, 0.05) is 37.2 Å². The normalized spacial score (nSPS) is 17.8. The van der Waals surface area contributed by atoms with Crippen molar-refractivity contribution in [3.63, 3.8) is 0 Å². The Balaban J connectivity index is 1.42. The number of benzene rings is 1. The fourth-order valence-corrected chi connectivity index (χ4v) is 3.74. The topological polar surface area (TPSA) is 58.4 Å². The molecule has 1 atom stereocenters. The number of hydrogen-bond donors (Lipinski definition) is 1. The molecule has 1 saturated heterocycles. The van der Waals surface area contributed by atoms with E-state index in [0.29, 0.717) is 17.9 Å². The summed E-state index contributed by atoms with van der Waals surface area (Å²) in [6.45, 7) is 7.10. The maximum Gasteiger partial charge on any atom is 0.220 e. The van der Waals surface area contributed by atoms with E-state index < -0.39 is 0 Å². The first-order valence-corrected chi connectivity index (χ1v) is 9.67. The van der Waals surface area contributed by atoms with Crippen LogP contribution in [0.15, 0.2) is 28.8 Å². The summed E-state index contributed by atoms with van der Waals surface area (Å²) < 4.78 is 18.9. The van der Waals surface area contributed by atoms with E-state index in [0.717, 1.165) is 50.4 Å². The number of piperidine rings is 1. The third kappa shape index (κ3) is 5.39. The molecule has 1 aromatic heterocycles. The SMILES string of the molecule is Cc1noc(C)c1CN1CCC[C@@H](CCC(=O)NCc2ccccc2F)C1. The summed E-state index contributed by atoms with van der Waals surface area (Å²) in [5.74, 6) is 1.11. The molecule has 1 aliphatic rings. The number of carbonyl (C=O) groups is 1. The van der Waals surface area contributed by atoms with Crippen LogP contribution in [0.3, 0.4) is 0 Å². The van der Waals surface area contributed by atoms with Gasteiger partial charge in [-0.2, -0.15) is 0 Å². The number of hydrogen-bond acceptors (Lipinski definition) is 4. The first-order chi connectivity index (χ1) is 13.0. The highest BCUT2D eigenvalue weighted by Gasteiger charge is 2.22. The van der Waals surface area contributed by atoms with E-state index in [1.165, 1.54) is 11.6 Å². The van der Waals surface area contributed by atoms with E-state index in [1.54, 1.807) is 18.2 Å². The quantitative estimate of drug-likeness (QED) is 0.803. The third-order valence-corrected chi connectivity index (χ3v) is 5.38. The molecule has 27 heavy (non-hydrogen) atoms. The van der Waals surface area contributed by atoms with Crippen molar-refractivity contribution in [1.29, 1.82) is 0 Å². The van der Waals surface area contributed by atoms with Crippen LogP contribution in [0.4, 0.5) is 4.39 Å². The lowest BCUT2D eigenvalue weighted by Gasteiger charge is -2.32. The van der Waals surface area contributed by atoms with Gasteiger partial charge in [-0.15, -0.1) is 0 Å². The maximum absolute atomic E-state index is 13.6. The minimum absolute atomic E-state index is 0.0129.